The van der Waals surface area contributed by atoms with Gasteiger partial charge in [-0.2, -0.15) is 0 Å². The fraction of sp³-hybridized carbons (Fsp3) is 0.192. The summed E-state index contributed by atoms with van der Waals surface area (Å²) in [6.07, 6.45) is 3.82. The van der Waals surface area contributed by atoms with Crippen molar-refractivity contribution in [2.75, 3.05) is 10.6 Å². The Morgan fingerprint density at radius 3 is 2.56 bits per heavy atom. The number of anilines is 3. The van der Waals surface area contributed by atoms with Crippen LogP contribution in [0.15, 0.2) is 76.7 Å². The Hall–Kier alpha value is -3.38. The smallest absolute Gasteiger partial charge is 0.221 e. The number of hydrogen-bond donors (Lipinski definition) is 2. The van der Waals surface area contributed by atoms with E-state index < -0.39 is 0 Å². The summed E-state index contributed by atoms with van der Waals surface area (Å²) in [5.74, 6) is -0.0729. The Labute approximate surface area is 192 Å². The molecular weight excluding hydrogens is 416 g/mol. The van der Waals surface area contributed by atoms with Crippen molar-refractivity contribution >= 4 is 45.8 Å². The molecule has 4 aromatic rings. The van der Waals surface area contributed by atoms with Crippen molar-refractivity contribution in [3.05, 3.63) is 78.1 Å². The maximum Gasteiger partial charge on any atom is 0.221 e. The van der Waals surface area contributed by atoms with E-state index in [1.807, 2.05) is 30.3 Å². The van der Waals surface area contributed by atoms with E-state index >= 15 is 0 Å². The van der Waals surface area contributed by atoms with Crippen LogP contribution >= 0.6 is 11.8 Å². The van der Waals surface area contributed by atoms with Gasteiger partial charge in [0.25, 0.3) is 0 Å². The van der Waals surface area contributed by atoms with Gasteiger partial charge in [-0.25, -0.2) is 9.97 Å². The third kappa shape index (κ3) is 5.26. The molecule has 1 amide bonds. The molecule has 162 valence electrons. The number of hydrogen-bond acceptors (Lipinski definition) is 5. The molecule has 2 aromatic heterocycles. The zero-order chi connectivity index (χ0) is 22.5. The molecule has 0 aliphatic heterocycles. The fourth-order valence-corrected chi connectivity index (χ4v) is 4.37. The van der Waals surface area contributed by atoms with Gasteiger partial charge in [-0.15, -0.1) is 0 Å². The van der Waals surface area contributed by atoms with E-state index in [0.717, 1.165) is 56.4 Å². The van der Waals surface area contributed by atoms with Crippen LogP contribution in [-0.2, 0) is 11.2 Å². The van der Waals surface area contributed by atoms with E-state index in [1.54, 1.807) is 18.0 Å². The minimum atomic E-state index is -0.0729. The van der Waals surface area contributed by atoms with Gasteiger partial charge in [-0.1, -0.05) is 31.2 Å². The molecular formula is C26H26N4OS. The SMILES string of the molecule is CCCc1ccc2c(Nc3cc(C)ccc3Sc3ccc(NC(C)=O)cc3)ccnc2n1. The Bertz CT molecular complexity index is 1250. The molecule has 0 atom stereocenters. The Morgan fingerprint density at radius 1 is 1.00 bits per heavy atom. The molecule has 2 N–H and O–H groups in total. The molecule has 0 unspecified atom stereocenters. The molecule has 0 radical (unpaired) electrons. The van der Waals surface area contributed by atoms with Gasteiger partial charge < -0.3 is 10.6 Å². The number of aromatic nitrogens is 2. The molecule has 6 heteroatoms. The summed E-state index contributed by atoms with van der Waals surface area (Å²) >= 11 is 1.68. The molecule has 2 heterocycles. The maximum atomic E-state index is 11.3. The standard InChI is InChI=1S/C26H26N4OS/c1-4-5-19-9-12-22-23(14-15-27-26(22)29-19)30-24-16-17(2)6-13-25(24)32-21-10-7-20(8-11-21)28-18(3)31/h6-16H,4-5H2,1-3H3,(H,28,31)(H,27,29,30). The summed E-state index contributed by atoms with van der Waals surface area (Å²) in [5, 5.41) is 7.42. The van der Waals surface area contributed by atoms with Crippen LogP contribution < -0.4 is 10.6 Å². The zero-order valence-corrected chi connectivity index (χ0v) is 19.3. The fourth-order valence-electron chi connectivity index (χ4n) is 3.48. The summed E-state index contributed by atoms with van der Waals surface area (Å²) in [5.41, 5.74) is 5.82. The third-order valence-corrected chi connectivity index (χ3v) is 6.06. The van der Waals surface area contributed by atoms with Crippen LogP contribution in [0.1, 0.15) is 31.5 Å². The van der Waals surface area contributed by atoms with Crippen LogP contribution in [0.4, 0.5) is 17.1 Å². The van der Waals surface area contributed by atoms with E-state index in [2.05, 4.69) is 59.8 Å². The number of benzene rings is 2. The molecule has 0 spiro atoms. The Kier molecular flexibility index (Phi) is 6.71. The van der Waals surface area contributed by atoms with Gasteiger partial charge in [-0.3, -0.25) is 4.79 Å². The van der Waals surface area contributed by atoms with Gasteiger partial charge >= 0.3 is 0 Å². The van der Waals surface area contributed by atoms with Crippen molar-refractivity contribution in [2.45, 2.75) is 43.4 Å². The lowest BCUT2D eigenvalue weighted by molar-refractivity contribution is -0.114. The zero-order valence-electron chi connectivity index (χ0n) is 18.5. The number of carbonyl (C=O) groups excluding carboxylic acids is 1. The first-order chi connectivity index (χ1) is 15.5. The van der Waals surface area contributed by atoms with Gasteiger partial charge in [0.05, 0.1) is 11.4 Å². The minimum Gasteiger partial charge on any atom is -0.354 e. The Balaban J connectivity index is 1.62. The van der Waals surface area contributed by atoms with Gasteiger partial charge in [0.2, 0.25) is 5.91 Å². The van der Waals surface area contributed by atoms with E-state index in [9.17, 15) is 4.79 Å². The molecule has 32 heavy (non-hydrogen) atoms. The number of nitrogens with zero attached hydrogens (tertiary/aromatic N) is 2. The second-order valence-corrected chi connectivity index (χ2v) is 8.83. The summed E-state index contributed by atoms with van der Waals surface area (Å²) in [4.78, 5) is 22.7. The largest absolute Gasteiger partial charge is 0.354 e. The van der Waals surface area contributed by atoms with E-state index in [1.165, 1.54) is 12.5 Å². The molecule has 0 aliphatic rings. The highest BCUT2D eigenvalue weighted by atomic mass is 32.2. The average Bonchev–Trinajstić information content (AvgIpc) is 2.77. The highest BCUT2D eigenvalue weighted by molar-refractivity contribution is 7.99. The van der Waals surface area contributed by atoms with Crippen LogP contribution in [0.3, 0.4) is 0 Å². The quantitative estimate of drug-likeness (QED) is 0.332. The highest BCUT2D eigenvalue weighted by Crippen LogP contribution is 2.37. The monoisotopic (exact) mass is 442 g/mol. The van der Waals surface area contributed by atoms with Crippen LogP contribution in [0.5, 0.6) is 0 Å². The lowest BCUT2D eigenvalue weighted by Crippen LogP contribution is -2.05. The first-order valence-corrected chi connectivity index (χ1v) is 11.5. The topological polar surface area (TPSA) is 66.9 Å². The first-order valence-electron chi connectivity index (χ1n) is 10.7. The van der Waals surface area contributed by atoms with E-state index in [-0.39, 0.29) is 5.91 Å². The molecule has 2 aromatic carbocycles. The van der Waals surface area contributed by atoms with Crippen molar-refractivity contribution in [1.82, 2.24) is 9.97 Å². The number of nitrogens with one attached hydrogen (secondary N) is 2. The molecule has 4 rings (SSSR count). The van der Waals surface area contributed by atoms with Gasteiger partial charge in [0.15, 0.2) is 5.65 Å². The molecule has 0 aliphatic carbocycles. The normalized spacial score (nSPS) is 10.8. The minimum absolute atomic E-state index is 0.0729. The molecule has 0 bridgehead atoms. The number of pyridine rings is 2. The van der Waals surface area contributed by atoms with Crippen molar-refractivity contribution in [1.29, 1.82) is 0 Å². The lowest BCUT2D eigenvalue weighted by atomic mass is 10.1. The van der Waals surface area contributed by atoms with Crippen molar-refractivity contribution < 1.29 is 4.79 Å². The second-order valence-electron chi connectivity index (χ2n) is 7.71. The van der Waals surface area contributed by atoms with Gasteiger partial charge in [0, 0.05) is 39.7 Å². The number of aryl methyl sites for hydroxylation is 2. The van der Waals surface area contributed by atoms with E-state index in [4.69, 9.17) is 4.98 Å². The number of rotatable bonds is 7. The summed E-state index contributed by atoms with van der Waals surface area (Å²) in [6.45, 7) is 5.75. The average molecular weight is 443 g/mol. The van der Waals surface area contributed by atoms with Crippen LogP contribution in [-0.4, -0.2) is 15.9 Å². The molecule has 0 fully saturated rings. The van der Waals surface area contributed by atoms with Crippen molar-refractivity contribution in [2.24, 2.45) is 0 Å². The number of fused-ring (bicyclic) bond motifs is 1. The van der Waals surface area contributed by atoms with E-state index in [0.29, 0.717) is 0 Å². The molecule has 5 nitrogen and oxygen atoms in total. The lowest BCUT2D eigenvalue weighted by Gasteiger charge is -2.15. The van der Waals surface area contributed by atoms with Crippen LogP contribution in [0, 0.1) is 6.92 Å². The third-order valence-electron chi connectivity index (χ3n) is 4.97. The molecule has 0 saturated carbocycles. The number of amides is 1. The predicted molar refractivity (Wildman–Crippen MR) is 133 cm³/mol. The second kappa shape index (κ2) is 9.83. The Morgan fingerprint density at radius 2 is 1.81 bits per heavy atom. The summed E-state index contributed by atoms with van der Waals surface area (Å²) in [6, 6.07) is 20.4. The highest BCUT2D eigenvalue weighted by Gasteiger charge is 2.10. The summed E-state index contributed by atoms with van der Waals surface area (Å²) in [7, 11) is 0. The predicted octanol–water partition coefficient (Wildman–Crippen LogP) is 6.74. The summed E-state index contributed by atoms with van der Waals surface area (Å²) < 4.78 is 0. The van der Waals surface area contributed by atoms with Gasteiger partial charge in [-0.05, 0) is 73.5 Å². The maximum absolute atomic E-state index is 11.3. The van der Waals surface area contributed by atoms with Crippen molar-refractivity contribution in [3.63, 3.8) is 0 Å². The molecule has 0 saturated heterocycles. The van der Waals surface area contributed by atoms with Gasteiger partial charge in [0.1, 0.15) is 0 Å². The van der Waals surface area contributed by atoms with Crippen LogP contribution in [0.25, 0.3) is 11.0 Å². The van der Waals surface area contributed by atoms with Crippen molar-refractivity contribution in [3.8, 4) is 0 Å². The number of carbonyl (C=O) groups is 1. The van der Waals surface area contributed by atoms with Crippen LogP contribution in [0.2, 0.25) is 0 Å². The first kappa shape index (κ1) is 21.8.